The lowest BCUT2D eigenvalue weighted by Gasteiger charge is -1.89. The van der Waals surface area contributed by atoms with Crippen molar-refractivity contribution in [3.8, 4) is 0 Å². The van der Waals surface area contributed by atoms with Crippen molar-refractivity contribution in [1.29, 1.82) is 0 Å². The molecule has 0 aliphatic rings. The lowest BCUT2D eigenvalue weighted by molar-refractivity contribution is -0.135. The van der Waals surface area contributed by atoms with Crippen molar-refractivity contribution in [3.63, 3.8) is 0 Å². The van der Waals surface area contributed by atoms with Crippen LogP contribution in [-0.4, -0.2) is 20.9 Å². The highest BCUT2D eigenvalue weighted by molar-refractivity contribution is 5.70. The average Bonchev–Trinajstić information content (AvgIpc) is 2.52. The zero-order valence-electron chi connectivity index (χ0n) is 7.47. The molecule has 13 heavy (non-hydrogen) atoms. The van der Waals surface area contributed by atoms with Gasteiger partial charge in [0.1, 0.15) is 0 Å². The lowest BCUT2D eigenvalue weighted by Crippen LogP contribution is -1.92. The Bertz CT molecular complexity index is 315. The highest BCUT2D eigenvalue weighted by Crippen LogP contribution is 2.01. The second-order valence-corrected chi connectivity index (χ2v) is 2.63. The molecule has 0 spiro atoms. The van der Waals surface area contributed by atoms with Crippen LogP contribution in [0, 0.1) is 0 Å². The summed E-state index contributed by atoms with van der Waals surface area (Å²) in [4.78, 5) is 10.2. The van der Waals surface area contributed by atoms with Gasteiger partial charge in [-0.2, -0.15) is 5.10 Å². The topological polar surface area (TPSA) is 55.1 Å². The van der Waals surface area contributed by atoms with Crippen molar-refractivity contribution in [2.75, 3.05) is 0 Å². The summed E-state index contributed by atoms with van der Waals surface area (Å²) in [6.45, 7) is 2.82. The molecule has 4 nitrogen and oxygen atoms in total. The molecule has 0 bridgehead atoms. The minimum atomic E-state index is -0.820. The molecular formula is C9H12N2O2. The summed E-state index contributed by atoms with van der Waals surface area (Å²) in [6, 6.07) is 0. The van der Waals surface area contributed by atoms with Gasteiger partial charge in [-0.25, -0.2) is 0 Å². The number of carboxylic acids is 1. The molecule has 0 aromatic carbocycles. The largest absolute Gasteiger partial charge is 0.481 e. The molecule has 0 atom stereocenters. The molecule has 1 heterocycles. The van der Waals surface area contributed by atoms with Crippen molar-refractivity contribution >= 4 is 12.0 Å². The van der Waals surface area contributed by atoms with Crippen LogP contribution in [0.2, 0.25) is 0 Å². The van der Waals surface area contributed by atoms with Gasteiger partial charge in [0.2, 0.25) is 0 Å². The predicted molar refractivity (Wildman–Crippen MR) is 49.2 cm³/mol. The number of aryl methyl sites for hydroxylation is 1. The van der Waals surface area contributed by atoms with Crippen LogP contribution < -0.4 is 0 Å². The van der Waals surface area contributed by atoms with E-state index in [-0.39, 0.29) is 6.42 Å². The molecule has 0 unspecified atom stereocenters. The molecular weight excluding hydrogens is 168 g/mol. The van der Waals surface area contributed by atoms with Gasteiger partial charge in [-0.05, 0) is 6.92 Å². The van der Waals surface area contributed by atoms with E-state index in [4.69, 9.17) is 5.11 Å². The van der Waals surface area contributed by atoms with E-state index < -0.39 is 5.97 Å². The molecule has 1 aromatic rings. The quantitative estimate of drug-likeness (QED) is 0.761. The Hall–Kier alpha value is -1.58. The molecule has 1 aromatic heterocycles. The first kappa shape index (κ1) is 9.51. The van der Waals surface area contributed by atoms with E-state index in [1.54, 1.807) is 23.0 Å². The van der Waals surface area contributed by atoms with E-state index >= 15 is 0 Å². The third-order valence-corrected chi connectivity index (χ3v) is 1.58. The molecule has 0 aliphatic heterocycles. The van der Waals surface area contributed by atoms with Gasteiger partial charge >= 0.3 is 5.97 Å². The average molecular weight is 180 g/mol. The van der Waals surface area contributed by atoms with Gasteiger partial charge in [0, 0.05) is 18.3 Å². The number of aromatic nitrogens is 2. The summed E-state index contributed by atoms with van der Waals surface area (Å²) < 4.78 is 1.79. The molecule has 1 N–H and O–H groups in total. The maximum Gasteiger partial charge on any atom is 0.307 e. The summed E-state index contributed by atoms with van der Waals surface area (Å²) in [5.41, 5.74) is 0.933. The highest BCUT2D eigenvalue weighted by atomic mass is 16.4. The molecule has 70 valence electrons. The van der Waals surface area contributed by atoms with E-state index in [1.165, 1.54) is 0 Å². The molecule has 0 amide bonds. The van der Waals surface area contributed by atoms with Crippen LogP contribution in [-0.2, 0) is 11.3 Å². The molecule has 4 heteroatoms. The normalized spacial score (nSPS) is 10.8. The van der Waals surface area contributed by atoms with Crippen molar-refractivity contribution in [2.24, 2.45) is 0 Å². The number of hydrogen-bond acceptors (Lipinski definition) is 2. The Kier molecular flexibility index (Phi) is 3.25. The molecule has 0 aliphatic carbocycles. The molecule has 1 rings (SSSR count). The molecule has 0 fully saturated rings. The SMILES string of the molecule is CCn1cc(C=CCC(=O)O)cn1. The van der Waals surface area contributed by atoms with Crippen LogP contribution in [0.4, 0.5) is 0 Å². The molecule has 0 saturated heterocycles. The van der Waals surface area contributed by atoms with Gasteiger partial charge in [-0.1, -0.05) is 12.2 Å². The third kappa shape index (κ3) is 3.11. The third-order valence-electron chi connectivity index (χ3n) is 1.58. The maximum absolute atomic E-state index is 10.2. The van der Waals surface area contributed by atoms with Crippen LogP contribution in [0.15, 0.2) is 18.5 Å². The Labute approximate surface area is 76.5 Å². The first-order valence-electron chi connectivity index (χ1n) is 4.13. The number of rotatable bonds is 4. The number of aliphatic carboxylic acids is 1. The van der Waals surface area contributed by atoms with Gasteiger partial charge in [0.05, 0.1) is 12.6 Å². The zero-order valence-corrected chi connectivity index (χ0v) is 7.47. The fraction of sp³-hybridized carbons (Fsp3) is 0.333. The van der Waals surface area contributed by atoms with E-state index in [0.29, 0.717) is 0 Å². The number of hydrogen-bond donors (Lipinski definition) is 1. The minimum absolute atomic E-state index is 0.0529. The Balaban J connectivity index is 2.53. The van der Waals surface area contributed by atoms with Gasteiger partial charge in [-0.15, -0.1) is 0 Å². The smallest absolute Gasteiger partial charge is 0.307 e. The van der Waals surface area contributed by atoms with Gasteiger partial charge in [0.15, 0.2) is 0 Å². The fourth-order valence-electron chi connectivity index (χ4n) is 0.934. The highest BCUT2D eigenvalue weighted by Gasteiger charge is 1.93. The standard InChI is InChI=1S/C9H12N2O2/c1-2-11-7-8(6-10-11)4-3-5-9(12)13/h3-4,6-7H,2,5H2,1H3,(H,12,13). The van der Waals surface area contributed by atoms with Gasteiger partial charge in [0.25, 0.3) is 0 Å². The summed E-state index contributed by atoms with van der Waals surface area (Å²) in [5, 5.41) is 12.4. The van der Waals surface area contributed by atoms with E-state index in [1.807, 2.05) is 13.1 Å². The van der Waals surface area contributed by atoms with Crippen LogP contribution in [0.5, 0.6) is 0 Å². The van der Waals surface area contributed by atoms with Crippen LogP contribution in [0.25, 0.3) is 6.08 Å². The Morgan fingerprint density at radius 3 is 3.08 bits per heavy atom. The number of carbonyl (C=O) groups is 1. The second-order valence-electron chi connectivity index (χ2n) is 2.63. The van der Waals surface area contributed by atoms with Crippen molar-refractivity contribution in [2.45, 2.75) is 19.9 Å². The zero-order chi connectivity index (χ0) is 9.68. The molecule has 0 radical (unpaired) electrons. The summed E-state index contributed by atoms with van der Waals surface area (Å²) in [7, 11) is 0. The predicted octanol–water partition coefficient (Wildman–Crippen LogP) is 1.39. The number of nitrogens with zero attached hydrogens (tertiary/aromatic N) is 2. The second kappa shape index (κ2) is 4.45. The van der Waals surface area contributed by atoms with Crippen molar-refractivity contribution in [3.05, 3.63) is 24.0 Å². The maximum atomic E-state index is 10.2. The molecule has 0 saturated carbocycles. The van der Waals surface area contributed by atoms with Crippen LogP contribution in [0.3, 0.4) is 0 Å². The summed E-state index contributed by atoms with van der Waals surface area (Å²) in [6.07, 6.45) is 7.00. The van der Waals surface area contributed by atoms with Crippen LogP contribution >= 0.6 is 0 Å². The minimum Gasteiger partial charge on any atom is -0.481 e. The van der Waals surface area contributed by atoms with E-state index in [0.717, 1.165) is 12.1 Å². The first-order chi connectivity index (χ1) is 6.22. The Morgan fingerprint density at radius 2 is 2.54 bits per heavy atom. The van der Waals surface area contributed by atoms with Crippen LogP contribution in [0.1, 0.15) is 18.9 Å². The van der Waals surface area contributed by atoms with Gasteiger partial charge < -0.3 is 5.11 Å². The van der Waals surface area contributed by atoms with Crippen molar-refractivity contribution in [1.82, 2.24) is 9.78 Å². The van der Waals surface area contributed by atoms with Crippen molar-refractivity contribution < 1.29 is 9.90 Å². The van der Waals surface area contributed by atoms with E-state index in [2.05, 4.69) is 5.10 Å². The first-order valence-corrected chi connectivity index (χ1v) is 4.13. The monoisotopic (exact) mass is 180 g/mol. The van der Waals surface area contributed by atoms with Gasteiger partial charge in [-0.3, -0.25) is 9.48 Å². The summed E-state index contributed by atoms with van der Waals surface area (Å²) >= 11 is 0. The van der Waals surface area contributed by atoms with E-state index in [9.17, 15) is 4.79 Å². The fourth-order valence-corrected chi connectivity index (χ4v) is 0.934. The lowest BCUT2D eigenvalue weighted by atomic mass is 10.3. The Morgan fingerprint density at radius 1 is 1.77 bits per heavy atom. The number of carboxylic acid groups (broad SMARTS) is 1. The summed E-state index contributed by atoms with van der Waals surface area (Å²) in [5.74, 6) is -0.820.